The maximum Gasteiger partial charge on any atom is 0.171 e. The average molecular weight is 364 g/mol. The van der Waals surface area contributed by atoms with Gasteiger partial charge in [0.25, 0.3) is 0 Å². The highest BCUT2D eigenvalue weighted by Crippen LogP contribution is 2.24. The smallest absolute Gasteiger partial charge is 0.171 e. The van der Waals surface area contributed by atoms with Gasteiger partial charge in [-0.05, 0) is 54.4 Å². The molecular formula is C19H22F2N2OS. The van der Waals surface area contributed by atoms with Crippen LogP contribution in [0.15, 0.2) is 42.5 Å². The van der Waals surface area contributed by atoms with Crippen molar-refractivity contribution in [3.8, 4) is 5.75 Å². The zero-order chi connectivity index (χ0) is 18.4. The third kappa shape index (κ3) is 5.67. The van der Waals surface area contributed by atoms with Crippen molar-refractivity contribution in [2.75, 3.05) is 12.4 Å². The van der Waals surface area contributed by atoms with E-state index in [1.165, 1.54) is 6.07 Å². The second-order valence-corrected chi connectivity index (χ2v) is 6.59. The lowest BCUT2D eigenvalue weighted by Crippen LogP contribution is -2.33. The minimum atomic E-state index is -0.915. The van der Waals surface area contributed by atoms with E-state index in [0.29, 0.717) is 16.7 Å². The molecule has 2 aromatic rings. The topological polar surface area (TPSA) is 33.3 Å². The molecule has 0 saturated heterocycles. The van der Waals surface area contributed by atoms with Crippen molar-refractivity contribution in [3.63, 3.8) is 0 Å². The Morgan fingerprint density at radius 3 is 2.32 bits per heavy atom. The van der Waals surface area contributed by atoms with E-state index in [2.05, 4.69) is 24.5 Å². The Labute approximate surface area is 152 Å². The van der Waals surface area contributed by atoms with E-state index in [9.17, 15) is 8.78 Å². The maximum atomic E-state index is 13.3. The summed E-state index contributed by atoms with van der Waals surface area (Å²) >= 11 is 5.33. The molecule has 0 aromatic heterocycles. The van der Waals surface area contributed by atoms with Gasteiger partial charge in [0, 0.05) is 11.8 Å². The first-order valence-corrected chi connectivity index (χ1v) is 8.46. The number of benzene rings is 2. The molecule has 0 aliphatic rings. The summed E-state index contributed by atoms with van der Waals surface area (Å²) in [5.74, 6) is -0.567. The van der Waals surface area contributed by atoms with Crippen molar-refractivity contribution >= 4 is 23.0 Å². The standard InChI is InChI=1S/C19H22F2N2OS/c1-12(2)10-18(13-4-7-15(24-3)8-5-13)23-19(25)22-14-6-9-16(20)17(21)11-14/h4-9,11-12,18H,10H2,1-3H3,(H2,22,23,25)/t18-/m0/s1. The van der Waals surface area contributed by atoms with Gasteiger partial charge in [-0.2, -0.15) is 0 Å². The molecule has 1 atom stereocenters. The highest BCUT2D eigenvalue weighted by atomic mass is 32.1. The second kappa shape index (κ2) is 8.76. The Morgan fingerprint density at radius 2 is 1.76 bits per heavy atom. The van der Waals surface area contributed by atoms with Crippen LogP contribution in [0.1, 0.15) is 31.9 Å². The van der Waals surface area contributed by atoms with Crippen LogP contribution in [0.4, 0.5) is 14.5 Å². The van der Waals surface area contributed by atoms with Crippen molar-refractivity contribution < 1.29 is 13.5 Å². The van der Waals surface area contributed by atoms with Crippen LogP contribution in [0.5, 0.6) is 5.75 Å². The monoisotopic (exact) mass is 364 g/mol. The van der Waals surface area contributed by atoms with Crippen LogP contribution < -0.4 is 15.4 Å². The molecule has 134 valence electrons. The number of ether oxygens (including phenoxy) is 1. The van der Waals surface area contributed by atoms with Crippen LogP contribution in [0, 0.1) is 17.6 Å². The van der Waals surface area contributed by atoms with Gasteiger partial charge in [0.2, 0.25) is 0 Å². The number of halogens is 2. The average Bonchev–Trinajstić information content (AvgIpc) is 2.57. The molecule has 0 radical (unpaired) electrons. The first-order valence-electron chi connectivity index (χ1n) is 8.05. The van der Waals surface area contributed by atoms with E-state index < -0.39 is 11.6 Å². The van der Waals surface area contributed by atoms with Crippen molar-refractivity contribution in [1.82, 2.24) is 5.32 Å². The Hall–Kier alpha value is -2.21. The summed E-state index contributed by atoms with van der Waals surface area (Å²) in [6, 6.07) is 11.3. The number of anilines is 1. The molecule has 0 fully saturated rings. The summed E-state index contributed by atoms with van der Waals surface area (Å²) in [5, 5.41) is 6.50. The Bertz CT molecular complexity index is 720. The third-order valence-electron chi connectivity index (χ3n) is 3.71. The largest absolute Gasteiger partial charge is 0.497 e. The summed E-state index contributed by atoms with van der Waals surface area (Å²) in [6.07, 6.45) is 0.867. The summed E-state index contributed by atoms with van der Waals surface area (Å²) in [4.78, 5) is 0. The molecule has 2 aromatic carbocycles. The van der Waals surface area contributed by atoms with Gasteiger partial charge in [0.05, 0.1) is 13.2 Å². The van der Waals surface area contributed by atoms with Gasteiger partial charge in [-0.15, -0.1) is 0 Å². The molecule has 0 aliphatic carbocycles. The molecule has 0 bridgehead atoms. The van der Waals surface area contributed by atoms with Crippen LogP contribution in [-0.4, -0.2) is 12.2 Å². The molecule has 0 aliphatic heterocycles. The number of hydrogen-bond donors (Lipinski definition) is 2. The molecule has 6 heteroatoms. The zero-order valence-corrected chi connectivity index (χ0v) is 15.3. The minimum Gasteiger partial charge on any atom is -0.497 e. The molecule has 0 heterocycles. The third-order valence-corrected chi connectivity index (χ3v) is 3.93. The predicted octanol–water partition coefficient (Wildman–Crippen LogP) is 5.05. The fraction of sp³-hybridized carbons (Fsp3) is 0.316. The lowest BCUT2D eigenvalue weighted by molar-refractivity contribution is 0.414. The number of hydrogen-bond acceptors (Lipinski definition) is 2. The molecule has 25 heavy (non-hydrogen) atoms. The fourth-order valence-corrected chi connectivity index (χ4v) is 2.75. The minimum absolute atomic E-state index is 0.00352. The summed E-state index contributed by atoms with van der Waals surface area (Å²) in [7, 11) is 1.62. The number of methoxy groups -OCH3 is 1. The molecule has 0 unspecified atom stereocenters. The highest BCUT2D eigenvalue weighted by Gasteiger charge is 2.15. The first kappa shape index (κ1) is 19.1. The molecule has 3 nitrogen and oxygen atoms in total. The molecule has 0 spiro atoms. The van der Waals surface area contributed by atoms with E-state index in [0.717, 1.165) is 29.9 Å². The number of rotatable bonds is 6. The molecule has 2 N–H and O–H groups in total. The van der Waals surface area contributed by atoms with Gasteiger partial charge in [-0.1, -0.05) is 26.0 Å². The van der Waals surface area contributed by atoms with Crippen LogP contribution in [0.3, 0.4) is 0 Å². The van der Waals surface area contributed by atoms with E-state index >= 15 is 0 Å². The number of thiocarbonyl (C=S) groups is 1. The van der Waals surface area contributed by atoms with Gasteiger partial charge in [-0.25, -0.2) is 8.78 Å². The van der Waals surface area contributed by atoms with Crippen molar-refractivity contribution in [3.05, 3.63) is 59.7 Å². The lowest BCUT2D eigenvalue weighted by Gasteiger charge is -2.23. The van der Waals surface area contributed by atoms with Gasteiger partial charge >= 0.3 is 0 Å². The van der Waals surface area contributed by atoms with Crippen LogP contribution in [0.2, 0.25) is 0 Å². The molecule has 0 amide bonds. The summed E-state index contributed by atoms with van der Waals surface area (Å²) in [6.45, 7) is 4.26. The van der Waals surface area contributed by atoms with Gasteiger partial charge < -0.3 is 15.4 Å². The maximum absolute atomic E-state index is 13.3. The Balaban J connectivity index is 2.09. The van der Waals surface area contributed by atoms with E-state index in [1.807, 2.05) is 24.3 Å². The predicted molar refractivity (Wildman–Crippen MR) is 101 cm³/mol. The van der Waals surface area contributed by atoms with E-state index in [4.69, 9.17) is 17.0 Å². The highest BCUT2D eigenvalue weighted by molar-refractivity contribution is 7.80. The van der Waals surface area contributed by atoms with Gasteiger partial charge in [0.15, 0.2) is 16.7 Å². The van der Waals surface area contributed by atoms with E-state index in [1.54, 1.807) is 7.11 Å². The Kier molecular flexibility index (Phi) is 6.70. The van der Waals surface area contributed by atoms with Crippen LogP contribution in [-0.2, 0) is 0 Å². The first-order chi connectivity index (χ1) is 11.9. The van der Waals surface area contributed by atoms with Gasteiger partial charge in [0.1, 0.15) is 5.75 Å². The normalized spacial score (nSPS) is 11.9. The molecule has 2 rings (SSSR count). The van der Waals surface area contributed by atoms with Crippen molar-refractivity contribution in [2.45, 2.75) is 26.3 Å². The molecular weight excluding hydrogens is 342 g/mol. The van der Waals surface area contributed by atoms with Gasteiger partial charge in [-0.3, -0.25) is 0 Å². The van der Waals surface area contributed by atoms with Crippen molar-refractivity contribution in [1.29, 1.82) is 0 Å². The quantitative estimate of drug-likeness (QED) is 0.703. The number of nitrogens with one attached hydrogen (secondary N) is 2. The van der Waals surface area contributed by atoms with Crippen LogP contribution >= 0.6 is 12.2 Å². The lowest BCUT2D eigenvalue weighted by atomic mass is 9.97. The van der Waals surface area contributed by atoms with Crippen LogP contribution in [0.25, 0.3) is 0 Å². The molecule has 0 saturated carbocycles. The second-order valence-electron chi connectivity index (χ2n) is 6.18. The van der Waals surface area contributed by atoms with E-state index in [-0.39, 0.29) is 6.04 Å². The summed E-state index contributed by atoms with van der Waals surface area (Å²) < 4.78 is 31.5. The Morgan fingerprint density at radius 1 is 1.08 bits per heavy atom. The SMILES string of the molecule is COc1ccc([C@H](CC(C)C)NC(=S)Nc2ccc(F)c(F)c2)cc1. The van der Waals surface area contributed by atoms with Crippen molar-refractivity contribution in [2.24, 2.45) is 5.92 Å². The zero-order valence-electron chi connectivity index (χ0n) is 14.5. The fourth-order valence-electron chi connectivity index (χ4n) is 2.49. The summed E-state index contributed by atoms with van der Waals surface area (Å²) in [5.41, 5.74) is 1.47.